The first-order valence-electron chi connectivity index (χ1n) is 8.03. The molecule has 0 unspecified atom stereocenters. The maximum Gasteiger partial charge on any atom is 0.422 e. The van der Waals surface area contributed by atoms with E-state index in [1.54, 1.807) is 6.07 Å². The van der Waals surface area contributed by atoms with Crippen LogP contribution in [-0.2, 0) is 4.79 Å². The van der Waals surface area contributed by atoms with Crippen molar-refractivity contribution in [1.82, 2.24) is 15.0 Å². The van der Waals surface area contributed by atoms with Crippen LogP contribution >= 0.6 is 23.1 Å². The lowest BCUT2D eigenvalue weighted by Gasteiger charge is -2.08. The number of hydrogen-bond donors (Lipinski definition) is 1. The van der Waals surface area contributed by atoms with Gasteiger partial charge in [0.05, 0.1) is 16.0 Å². The molecule has 2 heterocycles. The molecule has 1 aromatic carbocycles. The largest absolute Gasteiger partial charge is 0.484 e. The topological polar surface area (TPSA) is 77.0 Å². The second kappa shape index (κ2) is 8.31. The summed E-state index contributed by atoms with van der Waals surface area (Å²) in [4.78, 5) is 24.9. The van der Waals surface area contributed by atoms with Crippen molar-refractivity contribution in [3.05, 3.63) is 35.7 Å². The molecule has 0 saturated carbocycles. The number of anilines is 1. The molecule has 6 nitrogen and oxygen atoms in total. The molecular weight excluding hydrogens is 413 g/mol. The third kappa shape index (κ3) is 5.80. The Morgan fingerprint density at radius 2 is 1.89 bits per heavy atom. The summed E-state index contributed by atoms with van der Waals surface area (Å²) in [5, 5.41) is 3.55. The second-order valence-electron chi connectivity index (χ2n) is 5.82. The van der Waals surface area contributed by atoms with Crippen LogP contribution in [0.25, 0.3) is 10.2 Å². The van der Waals surface area contributed by atoms with Gasteiger partial charge in [0.25, 0.3) is 0 Å². The van der Waals surface area contributed by atoms with Gasteiger partial charge in [0, 0.05) is 11.4 Å². The zero-order chi connectivity index (χ0) is 20.3. The smallest absolute Gasteiger partial charge is 0.422 e. The second-order valence-corrected chi connectivity index (χ2v) is 7.80. The van der Waals surface area contributed by atoms with E-state index in [-0.39, 0.29) is 17.4 Å². The molecule has 0 bridgehead atoms. The molecular formula is C17H15F3N4O2S2. The molecule has 0 aliphatic carbocycles. The fourth-order valence-corrected chi connectivity index (χ4v) is 3.92. The van der Waals surface area contributed by atoms with E-state index in [1.165, 1.54) is 23.9 Å². The molecule has 0 atom stereocenters. The molecule has 0 aliphatic rings. The molecule has 3 aromatic rings. The molecule has 3 rings (SSSR count). The molecule has 0 aliphatic heterocycles. The average Bonchev–Trinajstić information content (AvgIpc) is 2.98. The van der Waals surface area contributed by atoms with Crippen LogP contribution in [-0.4, -0.2) is 39.4 Å². The number of alkyl halides is 3. The van der Waals surface area contributed by atoms with E-state index in [4.69, 9.17) is 4.74 Å². The number of carbonyl (C=O) groups is 1. The highest BCUT2D eigenvalue weighted by Crippen LogP contribution is 2.30. The van der Waals surface area contributed by atoms with Crippen LogP contribution in [0, 0.1) is 13.8 Å². The lowest BCUT2D eigenvalue weighted by atomic mass is 10.3. The molecule has 0 radical (unpaired) electrons. The van der Waals surface area contributed by atoms with Gasteiger partial charge in [0.15, 0.2) is 16.9 Å². The van der Waals surface area contributed by atoms with E-state index >= 15 is 0 Å². The number of benzene rings is 1. The van der Waals surface area contributed by atoms with Gasteiger partial charge in [-0.2, -0.15) is 13.2 Å². The van der Waals surface area contributed by atoms with Crippen molar-refractivity contribution in [2.75, 3.05) is 17.7 Å². The average molecular weight is 428 g/mol. The normalized spacial score (nSPS) is 11.6. The standard InChI is InChI=1S/C17H15F3N4O2S2/c1-9-5-10(2)22-15(21-9)27-7-14(25)24-16-23-12-4-3-11(6-13(12)28-16)26-8-17(18,19)20/h3-6H,7-8H2,1-2H3,(H,23,24,25). The summed E-state index contributed by atoms with van der Waals surface area (Å²) in [5.41, 5.74) is 2.21. The summed E-state index contributed by atoms with van der Waals surface area (Å²) >= 11 is 2.37. The van der Waals surface area contributed by atoms with Crippen molar-refractivity contribution < 1.29 is 22.7 Å². The van der Waals surface area contributed by atoms with Crippen LogP contribution in [0.1, 0.15) is 11.4 Å². The van der Waals surface area contributed by atoms with Crippen LogP contribution in [0.2, 0.25) is 0 Å². The van der Waals surface area contributed by atoms with E-state index in [1.807, 2.05) is 19.9 Å². The van der Waals surface area contributed by atoms with Gasteiger partial charge >= 0.3 is 6.18 Å². The number of halogens is 3. The predicted octanol–water partition coefficient (Wildman–Crippen LogP) is 4.38. The fraction of sp³-hybridized carbons (Fsp3) is 0.294. The van der Waals surface area contributed by atoms with E-state index in [0.717, 1.165) is 22.7 Å². The number of thioether (sulfide) groups is 1. The summed E-state index contributed by atoms with van der Waals surface area (Å²) in [6, 6.07) is 6.27. The number of rotatable bonds is 6. The Morgan fingerprint density at radius 3 is 2.57 bits per heavy atom. The summed E-state index contributed by atoms with van der Waals surface area (Å²) in [5.74, 6) is -0.0760. The molecule has 0 saturated heterocycles. The quantitative estimate of drug-likeness (QED) is 0.464. The molecule has 11 heteroatoms. The third-order valence-corrected chi connectivity index (χ3v) is 5.08. The van der Waals surface area contributed by atoms with Crippen LogP contribution < -0.4 is 10.1 Å². The summed E-state index contributed by atoms with van der Waals surface area (Å²) in [6.45, 7) is 2.35. The van der Waals surface area contributed by atoms with Crippen molar-refractivity contribution in [2.24, 2.45) is 0 Å². The molecule has 1 amide bonds. The number of carbonyl (C=O) groups excluding carboxylic acids is 1. The Labute approximate surface area is 166 Å². The number of aromatic nitrogens is 3. The van der Waals surface area contributed by atoms with Crippen LogP contribution in [0.15, 0.2) is 29.4 Å². The van der Waals surface area contributed by atoms with Gasteiger partial charge in [-0.1, -0.05) is 23.1 Å². The number of fused-ring (bicyclic) bond motifs is 1. The number of thiazole rings is 1. The van der Waals surface area contributed by atoms with Crippen molar-refractivity contribution in [3.63, 3.8) is 0 Å². The maximum absolute atomic E-state index is 12.2. The molecule has 1 N–H and O–H groups in total. The minimum absolute atomic E-state index is 0.0915. The Hall–Kier alpha value is -2.40. The van der Waals surface area contributed by atoms with E-state index in [0.29, 0.717) is 20.5 Å². The van der Waals surface area contributed by atoms with Gasteiger partial charge in [-0.3, -0.25) is 4.79 Å². The van der Waals surface area contributed by atoms with E-state index in [9.17, 15) is 18.0 Å². The van der Waals surface area contributed by atoms with Crippen LogP contribution in [0.3, 0.4) is 0 Å². The fourth-order valence-electron chi connectivity index (χ4n) is 2.26. The highest BCUT2D eigenvalue weighted by atomic mass is 32.2. The number of hydrogen-bond acceptors (Lipinski definition) is 7. The van der Waals surface area contributed by atoms with Gasteiger partial charge in [-0.25, -0.2) is 15.0 Å². The minimum Gasteiger partial charge on any atom is -0.484 e. The van der Waals surface area contributed by atoms with Crippen LogP contribution in [0.5, 0.6) is 5.75 Å². The number of nitrogens with one attached hydrogen (secondary N) is 1. The number of ether oxygens (including phenoxy) is 1. The maximum atomic E-state index is 12.2. The third-order valence-electron chi connectivity index (χ3n) is 3.30. The predicted molar refractivity (Wildman–Crippen MR) is 102 cm³/mol. The number of amides is 1. The number of aryl methyl sites for hydroxylation is 2. The molecule has 28 heavy (non-hydrogen) atoms. The van der Waals surface area contributed by atoms with Crippen molar-refractivity contribution in [1.29, 1.82) is 0 Å². The molecule has 2 aromatic heterocycles. The van der Waals surface area contributed by atoms with E-state index in [2.05, 4.69) is 20.3 Å². The first kappa shape index (κ1) is 20.3. The van der Waals surface area contributed by atoms with Crippen LogP contribution in [0.4, 0.5) is 18.3 Å². The molecule has 0 fully saturated rings. The first-order chi connectivity index (χ1) is 13.2. The van der Waals surface area contributed by atoms with Gasteiger partial charge < -0.3 is 10.1 Å². The van der Waals surface area contributed by atoms with Gasteiger partial charge in [0.2, 0.25) is 5.91 Å². The zero-order valence-corrected chi connectivity index (χ0v) is 16.5. The summed E-state index contributed by atoms with van der Waals surface area (Å²) in [7, 11) is 0. The Bertz CT molecular complexity index is 987. The minimum atomic E-state index is -4.40. The number of nitrogens with zero attached hydrogens (tertiary/aromatic N) is 3. The Kier molecular flexibility index (Phi) is 6.04. The van der Waals surface area contributed by atoms with Crippen molar-refractivity contribution in [3.8, 4) is 5.75 Å². The van der Waals surface area contributed by atoms with Gasteiger partial charge in [-0.05, 0) is 38.1 Å². The summed E-state index contributed by atoms with van der Waals surface area (Å²) in [6.07, 6.45) is -4.40. The monoisotopic (exact) mass is 428 g/mol. The highest BCUT2D eigenvalue weighted by molar-refractivity contribution is 7.99. The Balaban J connectivity index is 1.61. The van der Waals surface area contributed by atoms with E-state index < -0.39 is 12.8 Å². The summed E-state index contributed by atoms with van der Waals surface area (Å²) < 4.78 is 42.1. The highest BCUT2D eigenvalue weighted by Gasteiger charge is 2.28. The lowest BCUT2D eigenvalue weighted by molar-refractivity contribution is -0.153. The lowest BCUT2D eigenvalue weighted by Crippen LogP contribution is -2.19. The van der Waals surface area contributed by atoms with Crippen molar-refractivity contribution in [2.45, 2.75) is 25.2 Å². The van der Waals surface area contributed by atoms with Gasteiger partial charge in [0.1, 0.15) is 5.75 Å². The molecule has 148 valence electrons. The zero-order valence-electron chi connectivity index (χ0n) is 14.8. The van der Waals surface area contributed by atoms with Gasteiger partial charge in [-0.15, -0.1) is 0 Å². The Morgan fingerprint density at radius 1 is 1.18 bits per heavy atom. The SMILES string of the molecule is Cc1cc(C)nc(SCC(=O)Nc2nc3ccc(OCC(F)(F)F)cc3s2)n1. The molecule has 0 spiro atoms. The first-order valence-corrected chi connectivity index (χ1v) is 9.83. The van der Waals surface area contributed by atoms with Crippen molar-refractivity contribution >= 4 is 44.4 Å².